The lowest BCUT2D eigenvalue weighted by molar-refractivity contribution is 0.700. The van der Waals surface area contributed by atoms with E-state index >= 15 is 0 Å². The summed E-state index contributed by atoms with van der Waals surface area (Å²) in [5, 5.41) is 4.49. The lowest BCUT2D eigenvalue weighted by atomic mass is 9.97. The lowest BCUT2D eigenvalue weighted by Crippen LogP contribution is -2.02. The Hall–Kier alpha value is -2.01. The van der Waals surface area contributed by atoms with Crippen LogP contribution in [-0.4, -0.2) is 22.0 Å². The number of rotatable bonds is 2. The normalized spacial score (nSPS) is 14.1. The van der Waals surface area contributed by atoms with Gasteiger partial charge in [0.2, 0.25) is 0 Å². The zero-order chi connectivity index (χ0) is 14.2. The van der Waals surface area contributed by atoms with Gasteiger partial charge >= 0.3 is 0 Å². The molecular formula is C16H16N4S. The van der Waals surface area contributed by atoms with Crippen LogP contribution >= 0.6 is 11.3 Å². The molecule has 1 aliphatic carbocycles. The average Bonchev–Trinajstić information content (AvgIpc) is 2.93. The van der Waals surface area contributed by atoms with Gasteiger partial charge in [0.15, 0.2) is 5.82 Å². The number of pyridine rings is 1. The number of thiophene rings is 1. The molecule has 0 bridgehead atoms. The quantitative estimate of drug-likeness (QED) is 0.784. The molecule has 0 aliphatic heterocycles. The predicted octanol–water partition coefficient (Wildman–Crippen LogP) is 3.67. The van der Waals surface area contributed by atoms with Crippen molar-refractivity contribution >= 4 is 27.4 Å². The first-order chi connectivity index (χ1) is 10.4. The van der Waals surface area contributed by atoms with Crippen molar-refractivity contribution in [2.45, 2.75) is 25.7 Å². The number of fused-ring (bicyclic) bond motifs is 3. The third-order valence-electron chi connectivity index (χ3n) is 3.99. The van der Waals surface area contributed by atoms with E-state index in [9.17, 15) is 0 Å². The molecule has 5 heteroatoms. The third kappa shape index (κ3) is 2.08. The van der Waals surface area contributed by atoms with Crippen molar-refractivity contribution in [1.29, 1.82) is 0 Å². The minimum Gasteiger partial charge on any atom is -0.372 e. The van der Waals surface area contributed by atoms with Gasteiger partial charge < -0.3 is 5.32 Å². The Morgan fingerprint density at radius 3 is 2.71 bits per heavy atom. The number of hydrogen-bond donors (Lipinski definition) is 1. The van der Waals surface area contributed by atoms with Crippen molar-refractivity contribution in [3.8, 4) is 11.4 Å². The largest absolute Gasteiger partial charge is 0.372 e. The molecule has 0 radical (unpaired) electrons. The van der Waals surface area contributed by atoms with Crippen molar-refractivity contribution in [1.82, 2.24) is 15.0 Å². The second kappa shape index (κ2) is 5.07. The molecule has 3 aromatic heterocycles. The Kier molecular flexibility index (Phi) is 3.07. The van der Waals surface area contributed by atoms with Gasteiger partial charge in [0, 0.05) is 29.9 Å². The smallest absolute Gasteiger partial charge is 0.163 e. The maximum Gasteiger partial charge on any atom is 0.163 e. The summed E-state index contributed by atoms with van der Waals surface area (Å²) in [5.74, 6) is 1.72. The second-order valence-electron chi connectivity index (χ2n) is 5.27. The van der Waals surface area contributed by atoms with E-state index in [1.54, 1.807) is 12.4 Å². The fourth-order valence-corrected chi connectivity index (χ4v) is 4.23. The van der Waals surface area contributed by atoms with Crippen molar-refractivity contribution in [2.75, 3.05) is 12.4 Å². The molecule has 0 aromatic carbocycles. The van der Waals surface area contributed by atoms with Gasteiger partial charge in [0.1, 0.15) is 10.6 Å². The molecule has 1 aliphatic rings. The van der Waals surface area contributed by atoms with Crippen molar-refractivity contribution < 1.29 is 0 Å². The summed E-state index contributed by atoms with van der Waals surface area (Å²) in [6, 6.07) is 3.91. The van der Waals surface area contributed by atoms with Gasteiger partial charge in [-0.3, -0.25) is 4.98 Å². The summed E-state index contributed by atoms with van der Waals surface area (Å²) in [5.41, 5.74) is 2.47. The predicted molar refractivity (Wildman–Crippen MR) is 86.8 cm³/mol. The number of aryl methyl sites for hydroxylation is 2. The highest BCUT2D eigenvalue weighted by Crippen LogP contribution is 2.39. The highest BCUT2D eigenvalue weighted by Gasteiger charge is 2.20. The molecule has 4 nitrogen and oxygen atoms in total. The van der Waals surface area contributed by atoms with Crippen LogP contribution in [0.2, 0.25) is 0 Å². The van der Waals surface area contributed by atoms with E-state index in [0.29, 0.717) is 0 Å². The zero-order valence-corrected chi connectivity index (χ0v) is 12.7. The topological polar surface area (TPSA) is 50.7 Å². The van der Waals surface area contributed by atoms with Gasteiger partial charge in [-0.05, 0) is 43.4 Å². The standard InChI is InChI=1S/C16H16N4S/c1-17-15-13-11-4-2-3-5-12(11)21-16(13)20-14(19-15)10-6-8-18-9-7-10/h6-9H,2-5H2,1H3,(H,17,19,20). The molecule has 4 rings (SSSR count). The highest BCUT2D eigenvalue weighted by atomic mass is 32.1. The van der Waals surface area contributed by atoms with E-state index in [4.69, 9.17) is 9.97 Å². The first-order valence-electron chi connectivity index (χ1n) is 7.27. The molecule has 0 saturated heterocycles. The van der Waals surface area contributed by atoms with E-state index in [2.05, 4.69) is 10.3 Å². The van der Waals surface area contributed by atoms with E-state index in [1.165, 1.54) is 35.1 Å². The third-order valence-corrected chi connectivity index (χ3v) is 5.18. The van der Waals surface area contributed by atoms with E-state index in [0.717, 1.165) is 28.5 Å². The first kappa shape index (κ1) is 12.7. The fourth-order valence-electron chi connectivity index (χ4n) is 2.97. The van der Waals surface area contributed by atoms with Crippen LogP contribution in [0.5, 0.6) is 0 Å². The van der Waals surface area contributed by atoms with Crippen LogP contribution in [0.15, 0.2) is 24.5 Å². The van der Waals surface area contributed by atoms with Crippen LogP contribution in [0.1, 0.15) is 23.3 Å². The minimum absolute atomic E-state index is 0.771. The fraction of sp³-hybridized carbons (Fsp3) is 0.312. The molecular weight excluding hydrogens is 280 g/mol. The lowest BCUT2D eigenvalue weighted by Gasteiger charge is -2.12. The van der Waals surface area contributed by atoms with Crippen LogP contribution in [0.3, 0.4) is 0 Å². The van der Waals surface area contributed by atoms with Crippen LogP contribution in [0, 0.1) is 0 Å². The molecule has 21 heavy (non-hydrogen) atoms. The van der Waals surface area contributed by atoms with Gasteiger partial charge in [0.05, 0.1) is 5.39 Å². The first-order valence-corrected chi connectivity index (χ1v) is 8.09. The summed E-state index contributed by atoms with van der Waals surface area (Å²) in [6.45, 7) is 0. The summed E-state index contributed by atoms with van der Waals surface area (Å²) < 4.78 is 0. The van der Waals surface area contributed by atoms with Gasteiger partial charge in [0.25, 0.3) is 0 Å². The maximum absolute atomic E-state index is 4.80. The number of nitrogens with one attached hydrogen (secondary N) is 1. The molecule has 3 aromatic rings. The highest BCUT2D eigenvalue weighted by molar-refractivity contribution is 7.19. The second-order valence-corrected chi connectivity index (χ2v) is 6.36. The maximum atomic E-state index is 4.80. The van der Waals surface area contributed by atoms with Crippen molar-refractivity contribution in [3.05, 3.63) is 35.0 Å². The average molecular weight is 296 g/mol. The van der Waals surface area contributed by atoms with Crippen LogP contribution < -0.4 is 5.32 Å². The molecule has 1 N–H and O–H groups in total. The molecule has 3 heterocycles. The summed E-state index contributed by atoms with van der Waals surface area (Å²) >= 11 is 1.83. The number of hydrogen-bond acceptors (Lipinski definition) is 5. The van der Waals surface area contributed by atoms with Gasteiger partial charge in [-0.1, -0.05) is 0 Å². The molecule has 0 amide bonds. The Morgan fingerprint density at radius 1 is 1.10 bits per heavy atom. The van der Waals surface area contributed by atoms with Gasteiger partial charge in [-0.15, -0.1) is 11.3 Å². The monoisotopic (exact) mass is 296 g/mol. The number of aromatic nitrogens is 3. The minimum atomic E-state index is 0.771. The van der Waals surface area contributed by atoms with Crippen LogP contribution in [0.4, 0.5) is 5.82 Å². The summed E-state index contributed by atoms with van der Waals surface area (Å²) in [4.78, 5) is 16.2. The van der Waals surface area contributed by atoms with E-state index in [-0.39, 0.29) is 0 Å². The molecule has 0 atom stereocenters. The SMILES string of the molecule is CNc1nc(-c2ccncc2)nc2sc3c(c12)CCCC3. The Morgan fingerprint density at radius 2 is 1.90 bits per heavy atom. The zero-order valence-electron chi connectivity index (χ0n) is 11.9. The van der Waals surface area contributed by atoms with Crippen LogP contribution in [0.25, 0.3) is 21.6 Å². The molecule has 0 fully saturated rings. The van der Waals surface area contributed by atoms with Crippen molar-refractivity contribution in [2.24, 2.45) is 0 Å². The van der Waals surface area contributed by atoms with E-state index < -0.39 is 0 Å². The Balaban J connectivity index is 1.96. The van der Waals surface area contributed by atoms with E-state index in [1.807, 2.05) is 30.5 Å². The molecule has 106 valence electrons. The summed E-state index contributed by atoms with van der Waals surface area (Å²) in [6.07, 6.45) is 8.46. The summed E-state index contributed by atoms with van der Waals surface area (Å²) in [7, 11) is 1.94. The number of nitrogens with zero attached hydrogens (tertiary/aromatic N) is 3. The molecule has 0 unspecified atom stereocenters. The van der Waals surface area contributed by atoms with Gasteiger partial charge in [-0.2, -0.15) is 0 Å². The van der Waals surface area contributed by atoms with Crippen molar-refractivity contribution in [3.63, 3.8) is 0 Å². The Bertz CT molecular complexity index is 795. The van der Waals surface area contributed by atoms with Crippen LogP contribution in [-0.2, 0) is 12.8 Å². The molecule has 0 spiro atoms. The van der Waals surface area contributed by atoms with Gasteiger partial charge in [-0.25, -0.2) is 9.97 Å². The Labute approximate surface area is 127 Å². The molecule has 0 saturated carbocycles. The number of anilines is 1.